The van der Waals surface area contributed by atoms with E-state index < -0.39 is 22.3 Å². The Bertz CT molecular complexity index is 402. The third-order valence-electron chi connectivity index (χ3n) is 3.65. The zero-order valence-corrected chi connectivity index (χ0v) is 13.2. The van der Waals surface area contributed by atoms with Crippen molar-refractivity contribution in [1.82, 2.24) is 10.2 Å². The summed E-state index contributed by atoms with van der Waals surface area (Å²) < 4.78 is 11.1. The van der Waals surface area contributed by atoms with E-state index in [0.29, 0.717) is 38.0 Å². The van der Waals surface area contributed by atoms with E-state index in [2.05, 4.69) is 5.32 Å². The molecule has 116 valence electrons. The standard InChI is InChI=1S/C13H24N2O4S/c1-4-6-13(11(16)17)7-5-8-15(13)12(18)14-10(2)9-20(3)19/h10H,4-9H2,1-3H3,(H,14,18)(H,16,17). The number of hydrogen-bond acceptors (Lipinski definition) is 3. The van der Waals surface area contributed by atoms with Crippen molar-refractivity contribution in [2.24, 2.45) is 0 Å². The maximum Gasteiger partial charge on any atom is 0.329 e. The van der Waals surface area contributed by atoms with E-state index in [1.54, 1.807) is 13.2 Å². The van der Waals surface area contributed by atoms with Gasteiger partial charge in [-0.1, -0.05) is 13.3 Å². The predicted molar refractivity (Wildman–Crippen MR) is 78.1 cm³/mol. The molecule has 1 aliphatic heterocycles. The van der Waals surface area contributed by atoms with E-state index in [0.717, 1.165) is 0 Å². The number of nitrogens with one attached hydrogen (secondary N) is 1. The van der Waals surface area contributed by atoms with Gasteiger partial charge < -0.3 is 15.3 Å². The van der Waals surface area contributed by atoms with Crippen molar-refractivity contribution >= 4 is 22.8 Å². The molecule has 20 heavy (non-hydrogen) atoms. The van der Waals surface area contributed by atoms with E-state index >= 15 is 0 Å². The van der Waals surface area contributed by atoms with E-state index in [1.807, 2.05) is 6.92 Å². The largest absolute Gasteiger partial charge is 0.479 e. The van der Waals surface area contributed by atoms with Crippen LogP contribution in [0.1, 0.15) is 39.5 Å². The zero-order valence-electron chi connectivity index (χ0n) is 12.3. The Balaban J connectivity index is 2.79. The van der Waals surface area contributed by atoms with E-state index in [1.165, 1.54) is 4.90 Å². The van der Waals surface area contributed by atoms with Crippen LogP contribution in [-0.4, -0.2) is 56.3 Å². The molecule has 0 spiro atoms. The predicted octanol–water partition coefficient (Wildman–Crippen LogP) is 1.18. The molecule has 2 N–H and O–H groups in total. The number of likely N-dealkylation sites (tertiary alicyclic amines) is 1. The number of carbonyl (C=O) groups is 2. The van der Waals surface area contributed by atoms with Crippen LogP contribution in [0.4, 0.5) is 4.79 Å². The molecule has 1 fully saturated rings. The minimum atomic E-state index is -1.08. The Morgan fingerprint density at radius 3 is 2.65 bits per heavy atom. The fourth-order valence-electron chi connectivity index (χ4n) is 2.86. The molecule has 7 heteroatoms. The molecule has 0 radical (unpaired) electrons. The van der Waals surface area contributed by atoms with Gasteiger partial charge in [-0.2, -0.15) is 0 Å². The lowest BCUT2D eigenvalue weighted by molar-refractivity contribution is -0.148. The first kappa shape index (κ1) is 16.9. The number of nitrogens with zero attached hydrogens (tertiary/aromatic N) is 1. The summed E-state index contributed by atoms with van der Waals surface area (Å²) in [4.78, 5) is 25.3. The van der Waals surface area contributed by atoms with Crippen LogP contribution in [0, 0.1) is 0 Å². The summed E-state index contributed by atoms with van der Waals surface area (Å²) in [6.07, 6.45) is 3.96. The number of hydrogen-bond donors (Lipinski definition) is 2. The SMILES string of the molecule is CCCC1(C(=O)O)CCCN1C(=O)NC(C)CS(C)=O. The molecule has 1 saturated heterocycles. The molecule has 0 aromatic carbocycles. The third kappa shape index (κ3) is 3.71. The van der Waals surface area contributed by atoms with Gasteiger partial charge in [0.1, 0.15) is 5.54 Å². The summed E-state index contributed by atoms with van der Waals surface area (Å²) in [6, 6.07) is -0.599. The van der Waals surface area contributed by atoms with Crippen molar-refractivity contribution in [1.29, 1.82) is 0 Å². The average molecular weight is 304 g/mol. The molecule has 0 saturated carbocycles. The average Bonchev–Trinajstić information content (AvgIpc) is 2.73. The Kier molecular flexibility index (Phi) is 5.98. The molecule has 2 amide bonds. The maximum atomic E-state index is 12.3. The van der Waals surface area contributed by atoms with Crippen LogP contribution >= 0.6 is 0 Å². The first-order valence-electron chi connectivity index (χ1n) is 6.95. The van der Waals surface area contributed by atoms with Crippen LogP contribution in [0.25, 0.3) is 0 Å². The van der Waals surface area contributed by atoms with Crippen molar-refractivity contribution < 1.29 is 18.9 Å². The van der Waals surface area contributed by atoms with Crippen molar-refractivity contribution in [3.05, 3.63) is 0 Å². The van der Waals surface area contributed by atoms with E-state index in [9.17, 15) is 18.9 Å². The Morgan fingerprint density at radius 2 is 2.15 bits per heavy atom. The highest BCUT2D eigenvalue weighted by atomic mass is 32.2. The summed E-state index contributed by atoms with van der Waals surface area (Å²) in [5.74, 6) is -0.563. The van der Waals surface area contributed by atoms with Gasteiger partial charge in [-0.25, -0.2) is 9.59 Å². The normalized spacial score (nSPS) is 25.2. The summed E-state index contributed by atoms with van der Waals surface area (Å²) in [7, 11) is -0.995. The molecule has 3 unspecified atom stereocenters. The fourth-order valence-corrected chi connectivity index (χ4v) is 3.65. The monoisotopic (exact) mass is 304 g/mol. The maximum absolute atomic E-state index is 12.3. The molecule has 0 aromatic heterocycles. The quantitative estimate of drug-likeness (QED) is 0.771. The topological polar surface area (TPSA) is 86.7 Å². The Morgan fingerprint density at radius 1 is 1.50 bits per heavy atom. The highest BCUT2D eigenvalue weighted by Crippen LogP contribution is 2.34. The van der Waals surface area contributed by atoms with Gasteiger partial charge >= 0.3 is 12.0 Å². The number of carbonyl (C=O) groups excluding carboxylic acids is 1. The van der Waals surface area contributed by atoms with Crippen molar-refractivity contribution in [3.63, 3.8) is 0 Å². The van der Waals surface area contributed by atoms with Crippen LogP contribution in [0.15, 0.2) is 0 Å². The highest BCUT2D eigenvalue weighted by Gasteiger charge is 2.49. The van der Waals surface area contributed by atoms with Crippen molar-refractivity contribution in [2.45, 2.75) is 51.1 Å². The van der Waals surface area contributed by atoms with Gasteiger partial charge in [0.15, 0.2) is 0 Å². The first-order chi connectivity index (χ1) is 9.33. The van der Waals surface area contributed by atoms with Crippen LogP contribution < -0.4 is 5.32 Å². The van der Waals surface area contributed by atoms with Gasteiger partial charge in [-0.15, -0.1) is 0 Å². The van der Waals surface area contributed by atoms with Gasteiger partial charge in [-0.3, -0.25) is 4.21 Å². The minimum Gasteiger partial charge on any atom is -0.479 e. The lowest BCUT2D eigenvalue weighted by Gasteiger charge is -2.35. The lowest BCUT2D eigenvalue weighted by Crippen LogP contribution is -2.57. The van der Waals surface area contributed by atoms with Gasteiger partial charge in [0.2, 0.25) is 0 Å². The number of carboxylic acids is 1. The summed E-state index contributed by atoms with van der Waals surface area (Å²) in [5.41, 5.74) is -1.08. The molecule has 0 aromatic rings. The Hall–Kier alpha value is -1.11. The molecule has 1 heterocycles. The first-order valence-corrected chi connectivity index (χ1v) is 8.67. The molecular formula is C13H24N2O4S. The van der Waals surface area contributed by atoms with E-state index in [-0.39, 0.29) is 12.1 Å². The number of aliphatic carboxylic acids is 1. The summed E-state index contributed by atoms with van der Waals surface area (Å²) in [6.45, 7) is 4.15. The molecule has 0 bridgehead atoms. The lowest BCUT2D eigenvalue weighted by atomic mass is 9.91. The number of amides is 2. The van der Waals surface area contributed by atoms with Crippen LogP contribution in [-0.2, 0) is 15.6 Å². The summed E-state index contributed by atoms with van der Waals surface area (Å²) >= 11 is 0. The highest BCUT2D eigenvalue weighted by molar-refractivity contribution is 7.84. The number of urea groups is 1. The smallest absolute Gasteiger partial charge is 0.329 e. The zero-order chi connectivity index (χ0) is 15.3. The molecule has 6 nitrogen and oxygen atoms in total. The van der Waals surface area contributed by atoms with Gasteiger partial charge in [0.25, 0.3) is 0 Å². The fraction of sp³-hybridized carbons (Fsp3) is 0.846. The van der Waals surface area contributed by atoms with Crippen LogP contribution in [0.2, 0.25) is 0 Å². The van der Waals surface area contributed by atoms with Crippen molar-refractivity contribution in [3.8, 4) is 0 Å². The Labute approximate surface area is 122 Å². The third-order valence-corrected chi connectivity index (χ3v) is 4.62. The molecule has 1 aliphatic rings. The van der Waals surface area contributed by atoms with Gasteiger partial charge in [0.05, 0.1) is 0 Å². The molecule has 0 aliphatic carbocycles. The summed E-state index contributed by atoms with van der Waals surface area (Å²) in [5, 5.41) is 12.3. The molecular weight excluding hydrogens is 280 g/mol. The van der Waals surface area contributed by atoms with Crippen LogP contribution in [0.3, 0.4) is 0 Å². The molecule has 1 rings (SSSR count). The van der Waals surface area contributed by atoms with Crippen molar-refractivity contribution in [2.75, 3.05) is 18.6 Å². The van der Waals surface area contributed by atoms with Gasteiger partial charge in [-0.05, 0) is 26.2 Å². The molecule has 3 atom stereocenters. The van der Waals surface area contributed by atoms with Crippen LogP contribution in [0.5, 0.6) is 0 Å². The number of carboxylic acid groups (broad SMARTS) is 1. The second-order valence-electron chi connectivity index (χ2n) is 5.43. The number of rotatable bonds is 6. The van der Waals surface area contributed by atoms with E-state index in [4.69, 9.17) is 0 Å². The van der Waals surface area contributed by atoms with Gasteiger partial charge in [0, 0.05) is 35.4 Å². The minimum absolute atomic E-state index is 0.234. The second kappa shape index (κ2) is 7.06. The second-order valence-corrected chi connectivity index (χ2v) is 6.91.